The van der Waals surface area contributed by atoms with Crippen LogP contribution in [0.5, 0.6) is 5.75 Å². The zero-order chi connectivity index (χ0) is 18.0. The molecule has 0 radical (unpaired) electrons. The maximum absolute atomic E-state index is 11.2. The topological polar surface area (TPSA) is 79.8 Å². The Morgan fingerprint density at radius 2 is 2.12 bits per heavy atom. The van der Waals surface area contributed by atoms with Crippen molar-refractivity contribution in [1.29, 1.82) is 0 Å². The fraction of sp³-hybridized carbons (Fsp3) is 0.588. The summed E-state index contributed by atoms with van der Waals surface area (Å²) in [6.07, 6.45) is 1.80. The van der Waals surface area contributed by atoms with Crippen LogP contribution >= 0.6 is 0 Å². The summed E-state index contributed by atoms with van der Waals surface area (Å²) in [5, 5.41) is 6.37. The number of benzene rings is 1. The third kappa shape index (κ3) is 9.39. The highest BCUT2D eigenvalue weighted by Crippen LogP contribution is 2.11. The van der Waals surface area contributed by atoms with Gasteiger partial charge in [-0.3, -0.25) is 0 Å². The van der Waals surface area contributed by atoms with Crippen LogP contribution in [-0.4, -0.2) is 52.1 Å². The number of guanidine groups is 1. The lowest BCUT2D eigenvalue weighted by Crippen LogP contribution is -2.43. The van der Waals surface area contributed by atoms with E-state index in [4.69, 9.17) is 4.74 Å². The van der Waals surface area contributed by atoms with Crippen molar-refractivity contribution in [2.45, 2.75) is 33.2 Å². The molecule has 0 fully saturated rings. The van der Waals surface area contributed by atoms with Crippen molar-refractivity contribution in [3.05, 3.63) is 29.8 Å². The summed E-state index contributed by atoms with van der Waals surface area (Å²) in [6, 6.07) is 7.92. The molecule has 0 amide bonds. The van der Waals surface area contributed by atoms with Crippen LogP contribution < -0.4 is 15.4 Å². The average Bonchev–Trinajstić information content (AvgIpc) is 2.49. The van der Waals surface area contributed by atoms with Crippen LogP contribution in [0.25, 0.3) is 0 Å². The molecule has 1 aromatic rings. The third-order valence-corrected chi connectivity index (χ3v) is 4.25. The van der Waals surface area contributed by atoms with E-state index in [1.54, 1.807) is 0 Å². The van der Waals surface area contributed by atoms with Gasteiger partial charge < -0.3 is 15.4 Å². The lowest BCUT2D eigenvalue weighted by atomic mass is 10.2. The fourth-order valence-corrected chi connectivity index (χ4v) is 2.82. The molecule has 1 atom stereocenters. The van der Waals surface area contributed by atoms with Crippen LogP contribution in [0.3, 0.4) is 0 Å². The first kappa shape index (κ1) is 20.3. The molecule has 0 saturated carbocycles. The summed E-state index contributed by atoms with van der Waals surface area (Å²) in [5.41, 5.74) is 1.16. The first-order chi connectivity index (χ1) is 11.3. The predicted molar refractivity (Wildman–Crippen MR) is 99.6 cm³/mol. The quantitative estimate of drug-likeness (QED) is 0.401. The molecule has 1 unspecified atom stereocenters. The van der Waals surface area contributed by atoms with Gasteiger partial charge in [0.2, 0.25) is 0 Å². The molecular formula is C17H29N3O3S. The Kier molecular flexibility index (Phi) is 8.60. The molecule has 0 heterocycles. The maximum Gasteiger partial charge on any atom is 0.191 e. The Morgan fingerprint density at radius 1 is 1.38 bits per heavy atom. The van der Waals surface area contributed by atoms with Crippen molar-refractivity contribution in [2.24, 2.45) is 4.99 Å². The van der Waals surface area contributed by atoms with Gasteiger partial charge in [-0.2, -0.15) is 0 Å². The maximum atomic E-state index is 11.2. The largest absolute Gasteiger partial charge is 0.492 e. The average molecular weight is 356 g/mol. The number of rotatable bonds is 9. The summed E-state index contributed by atoms with van der Waals surface area (Å²) in [7, 11) is -2.94. The Balaban J connectivity index is 2.44. The molecule has 0 aromatic heterocycles. The number of aliphatic imine (C=N–C) groups is 1. The highest BCUT2D eigenvalue weighted by Gasteiger charge is 2.09. The molecule has 1 aromatic carbocycles. The lowest BCUT2D eigenvalue weighted by Gasteiger charge is -2.17. The molecule has 0 aliphatic heterocycles. The standard InChI is InChI=1S/C17H29N3O3S/c1-5-18-17(20-15(3)9-12-24(4,21)22)19-10-11-23-16-8-6-7-14(2)13-16/h6-8,13,15H,5,9-12H2,1-4H3,(H2,18,19,20). The van der Waals surface area contributed by atoms with E-state index in [1.165, 1.54) is 6.26 Å². The van der Waals surface area contributed by atoms with Gasteiger partial charge in [-0.1, -0.05) is 12.1 Å². The van der Waals surface area contributed by atoms with E-state index in [1.807, 2.05) is 45.0 Å². The van der Waals surface area contributed by atoms with Crippen LogP contribution in [0, 0.1) is 6.92 Å². The lowest BCUT2D eigenvalue weighted by molar-refractivity contribution is 0.328. The third-order valence-electron chi connectivity index (χ3n) is 3.27. The predicted octanol–water partition coefficient (Wildman–Crippen LogP) is 1.75. The molecule has 0 aliphatic rings. The fourth-order valence-electron chi connectivity index (χ4n) is 2.04. The summed E-state index contributed by atoms with van der Waals surface area (Å²) >= 11 is 0. The summed E-state index contributed by atoms with van der Waals surface area (Å²) in [5.74, 6) is 1.67. The molecule has 6 nitrogen and oxygen atoms in total. The smallest absolute Gasteiger partial charge is 0.191 e. The molecule has 0 saturated heterocycles. The molecule has 136 valence electrons. The number of hydrogen-bond donors (Lipinski definition) is 2. The van der Waals surface area contributed by atoms with Gasteiger partial charge in [0.1, 0.15) is 22.2 Å². The number of aryl methyl sites for hydroxylation is 1. The molecule has 1 rings (SSSR count). The first-order valence-electron chi connectivity index (χ1n) is 8.22. The van der Waals surface area contributed by atoms with Crippen molar-refractivity contribution in [1.82, 2.24) is 10.6 Å². The minimum absolute atomic E-state index is 0.0233. The summed E-state index contributed by atoms with van der Waals surface area (Å²) in [6.45, 7) is 7.70. The zero-order valence-corrected chi connectivity index (χ0v) is 15.8. The highest BCUT2D eigenvalue weighted by molar-refractivity contribution is 7.90. The molecule has 0 bridgehead atoms. The second-order valence-electron chi connectivity index (χ2n) is 5.89. The van der Waals surface area contributed by atoms with Crippen LogP contribution in [-0.2, 0) is 9.84 Å². The summed E-state index contributed by atoms with van der Waals surface area (Å²) < 4.78 is 28.1. The van der Waals surface area contributed by atoms with Gasteiger partial charge in [-0.15, -0.1) is 0 Å². The van der Waals surface area contributed by atoms with Crippen molar-refractivity contribution >= 4 is 15.8 Å². The van der Waals surface area contributed by atoms with E-state index in [2.05, 4.69) is 15.6 Å². The Hall–Kier alpha value is -1.76. The monoisotopic (exact) mass is 355 g/mol. The van der Waals surface area contributed by atoms with Crippen molar-refractivity contribution in [3.63, 3.8) is 0 Å². The number of nitrogens with zero attached hydrogens (tertiary/aromatic N) is 1. The van der Waals surface area contributed by atoms with Crippen molar-refractivity contribution in [3.8, 4) is 5.75 Å². The van der Waals surface area contributed by atoms with Gasteiger partial charge >= 0.3 is 0 Å². The van der Waals surface area contributed by atoms with Crippen molar-refractivity contribution in [2.75, 3.05) is 31.7 Å². The second kappa shape index (κ2) is 10.2. The number of sulfone groups is 1. The molecule has 0 aliphatic carbocycles. The summed E-state index contributed by atoms with van der Waals surface area (Å²) in [4.78, 5) is 4.46. The van der Waals surface area contributed by atoms with Crippen LogP contribution in [0.15, 0.2) is 29.3 Å². The molecule has 7 heteroatoms. The number of nitrogens with one attached hydrogen (secondary N) is 2. The normalized spacial score (nSPS) is 13.4. The van der Waals surface area contributed by atoms with Crippen molar-refractivity contribution < 1.29 is 13.2 Å². The van der Waals surface area contributed by atoms with Gasteiger partial charge in [-0.25, -0.2) is 13.4 Å². The van der Waals surface area contributed by atoms with E-state index in [0.29, 0.717) is 25.5 Å². The molecule has 24 heavy (non-hydrogen) atoms. The number of ether oxygens (including phenoxy) is 1. The van der Waals surface area contributed by atoms with Gasteiger partial charge in [-0.05, 0) is 44.9 Å². The van der Waals surface area contributed by atoms with Gasteiger partial charge in [0, 0.05) is 18.8 Å². The van der Waals surface area contributed by atoms with E-state index in [9.17, 15) is 8.42 Å². The minimum atomic E-state index is -2.94. The van der Waals surface area contributed by atoms with E-state index < -0.39 is 9.84 Å². The highest BCUT2D eigenvalue weighted by atomic mass is 32.2. The number of hydrogen-bond acceptors (Lipinski definition) is 4. The Morgan fingerprint density at radius 3 is 2.75 bits per heavy atom. The Labute approximate surface area is 145 Å². The van der Waals surface area contributed by atoms with Crippen LogP contribution in [0.2, 0.25) is 0 Å². The molecular weight excluding hydrogens is 326 g/mol. The van der Waals surface area contributed by atoms with E-state index >= 15 is 0 Å². The van der Waals surface area contributed by atoms with Crippen LogP contribution in [0.4, 0.5) is 0 Å². The van der Waals surface area contributed by atoms with E-state index in [0.717, 1.165) is 17.9 Å². The van der Waals surface area contributed by atoms with Gasteiger partial charge in [0.25, 0.3) is 0 Å². The molecule has 0 spiro atoms. The van der Waals surface area contributed by atoms with E-state index in [-0.39, 0.29) is 11.8 Å². The second-order valence-corrected chi connectivity index (χ2v) is 8.15. The minimum Gasteiger partial charge on any atom is -0.492 e. The van der Waals surface area contributed by atoms with Gasteiger partial charge in [0.15, 0.2) is 5.96 Å². The van der Waals surface area contributed by atoms with Crippen LogP contribution in [0.1, 0.15) is 25.8 Å². The first-order valence-corrected chi connectivity index (χ1v) is 10.3. The zero-order valence-electron chi connectivity index (χ0n) is 15.0. The molecule has 2 N–H and O–H groups in total. The SMILES string of the molecule is CCNC(=NCCOc1cccc(C)c1)NC(C)CCS(C)(=O)=O. The Bertz CT molecular complexity index is 630. The van der Waals surface area contributed by atoms with Gasteiger partial charge in [0.05, 0.1) is 12.3 Å².